The van der Waals surface area contributed by atoms with Crippen molar-refractivity contribution < 1.29 is 9.13 Å². The van der Waals surface area contributed by atoms with E-state index in [0.29, 0.717) is 54.2 Å². The minimum Gasteiger partial charge on any atom is -0.381 e. The van der Waals surface area contributed by atoms with E-state index in [2.05, 4.69) is 20.6 Å². The molecule has 0 saturated carbocycles. The third kappa shape index (κ3) is 4.18. The van der Waals surface area contributed by atoms with E-state index in [1.807, 2.05) is 11.5 Å². The smallest absolute Gasteiger partial charge is 0.328 e. The van der Waals surface area contributed by atoms with Crippen LogP contribution in [0.5, 0.6) is 0 Å². The Kier molecular flexibility index (Phi) is 6.23. The van der Waals surface area contributed by atoms with Crippen molar-refractivity contribution >= 4 is 23.1 Å². The number of anilines is 1. The van der Waals surface area contributed by atoms with Crippen LogP contribution in [0.15, 0.2) is 17.2 Å². The Hall–Kier alpha value is -3.05. The number of allylic oxidation sites excluding steroid dienone is 1. The van der Waals surface area contributed by atoms with Crippen molar-refractivity contribution in [1.82, 2.24) is 34.4 Å². The molecule has 0 unspecified atom stereocenters. The third-order valence-electron chi connectivity index (χ3n) is 6.35. The fourth-order valence-corrected chi connectivity index (χ4v) is 4.45. The first-order valence-corrected chi connectivity index (χ1v) is 11.5. The Balaban J connectivity index is 1.63. The molecule has 2 saturated heterocycles. The van der Waals surface area contributed by atoms with E-state index in [1.54, 1.807) is 17.0 Å². The molecule has 0 radical (unpaired) electrons. The Bertz CT molecular complexity index is 1200. The van der Waals surface area contributed by atoms with E-state index >= 15 is 0 Å². The van der Waals surface area contributed by atoms with Gasteiger partial charge in [-0.3, -0.25) is 9.13 Å². The van der Waals surface area contributed by atoms with Gasteiger partial charge >= 0.3 is 5.69 Å². The number of rotatable bonds is 8. The van der Waals surface area contributed by atoms with Gasteiger partial charge in [-0.25, -0.2) is 14.2 Å². The predicted molar refractivity (Wildman–Crippen MR) is 124 cm³/mol. The van der Waals surface area contributed by atoms with Gasteiger partial charge in [-0.15, -0.1) is 0 Å². The number of halogens is 1. The summed E-state index contributed by atoms with van der Waals surface area (Å²) < 4.78 is 21.7. The molecule has 2 aliphatic heterocycles. The van der Waals surface area contributed by atoms with Crippen molar-refractivity contribution in [2.24, 2.45) is 5.92 Å². The van der Waals surface area contributed by atoms with E-state index in [9.17, 15) is 9.18 Å². The summed E-state index contributed by atoms with van der Waals surface area (Å²) in [4.78, 5) is 30.0. The monoisotopic (exact) mass is 456 g/mol. The zero-order chi connectivity index (χ0) is 22.8. The van der Waals surface area contributed by atoms with Crippen molar-refractivity contribution in [3.8, 4) is 5.95 Å². The lowest BCUT2D eigenvalue weighted by Crippen LogP contribution is -2.45. The number of aromatic amines is 1. The maximum absolute atomic E-state index is 13.0. The largest absolute Gasteiger partial charge is 0.381 e. The molecule has 0 atom stereocenters. The summed E-state index contributed by atoms with van der Waals surface area (Å²) in [6.07, 6.45) is 6.94. The lowest BCUT2D eigenvalue weighted by atomic mass is 10.0. The summed E-state index contributed by atoms with van der Waals surface area (Å²) in [5, 5.41) is 6.70. The van der Waals surface area contributed by atoms with Crippen LogP contribution in [-0.4, -0.2) is 68.6 Å². The summed E-state index contributed by atoms with van der Waals surface area (Å²) >= 11 is 0. The van der Waals surface area contributed by atoms with E-state index in [1.165, 1.54) is 6.08 Å². The van der Waals surface area contributed by atoms with Gasteiger partial charge in [0.1, 0.15) is 18.5 Å². The first-order valence-electron chi connectivity index (χ1n) is 11.5. The maximum Gasteiger partial charge on any atom is 0.328 e. The maximum atomic E-state index is 13.0. The average molecular weight is 457 g/mol. The Morgan fingerprint density at radius 1 is 1.30 bits per heavy atom. The second kappa shape index (κ2) is 9.44. The molecule has 5 heterocycles. The number of alkyl halides is 1. The van der Waals surface area contributed by atoms with Gasteiger partial charge in [0, 0.05) is 44.8 Å². The van der Waals surface area contributed by atoms with Crippen LogP contribution in [0.3, 0.4) is 0 Å². The zero-order valence-electron chi connectivity index (χ0n) is 18.7. The molecule has 10 nitrogen and oxygen atoms in total. The SMILES string of the molecule is CCc1c(C=CCF)ncn1-c1nc(NCC2CNC2)c2[nH]c(=O)n(C3CCOCC3)c2n1. The molecule has 3 N–H and O–H groups in total. The summed E-state index contributed by atoms with van der Waals surface area (Å²) in [5.74, 6) is 1.54. The van der Waals surface area contributed by atoms with E-state index < -0.39 is 6.67 Å². The minimum absolute atomic E-state index is 0.0166. The number of nitrogens with one attached hydrogen (secondary N) is 3. The molecule has 2 aliphatic rings. The third-order valence-corrected chi connectivity index (χ3v) is 6.35. The van der Waals surface area contributed by atoms with E-state index in [0.717, 1.165) is 38.2 Å². The Morgan fingerprint density at radius 3 is 2.82 bits per heavy atom. The highest BCUT2D eigenvalue weighted by Gasteiger charge is 2.25. The van der Waals surface area contributed by atoms with Gasteiger partial charge in [0.05, 0.1) is 11.4 Å². The fourth-order valence-electron chi connectivity index (χ4n) is 4.45. The normalized spacial score (nSPS) is 17.8. The number of aromatic nitrogens is 6. The minimum atomic E-state index is -0.552. The molecule has 0 aliphatic carbocycles. The van der Waals surface area contributed by atoms with Crippen molar-refractivity contribution in [3.63, 3.8) is 0 Å². The number of nitrogens with zero attached hydrogens (tertiary/aromatic N) is 5. The molecule has 0 aromatic carbocycles. The van der Waals surface area contributed by atoms with Crippen molar-refractivity contribution in [1.29, 1.82) is 0 Å². The summed E-state index contributed by atoms with van der Waals surface area (Å²) in [5.41, 5.74) is 2.55. The molecule has 2 fully saturated rings. The molecule has 3 aromatic rings. The summed E-state index contributed by atoms with van der Waals surface area (Å²) in [6, 6.07) is 0.0166. The number of fused-ring (bicyclic) bond motifs is 1. The van der Waals surface area contributed by atoms with Crippen LogP contribution < -0.4 is 16.3 Å². The van der Waals surface area contributed by atoms with Gasteiger partial charge in [-0.2, -0.15) is 9.97 Å². The molecular weight excluding hydrogens is 427 g/mol. The van der Waals surface area contributed by atoms with Gasteiger partial charge in [-0.05, 0) is 25.3 Å². The zero-order valence-corrected chi connectivity index (χ0v) is 18.7. The molecule has 0 amide bonds. The Morgan fingerprint density at radius 2 is 2.12 bits per heavy atom. The standard InChI is InChI=1S/C22H29FN8O2/c1-2-17-16(4-3-7-23)26-13-30(17)21-28-19(25-12-14-10-24-11-14)18-20(29-21)31(22(32)27-18)15-5-8-33-9-6-15/h3-4,13-15,24H,2,5-12H2,1H3,(H,27,32)(H,25,28,29). The highest BCUT2D eigenvalue weighted by molar-refractivity contribution is 5.83. The van der Waals surface area contributed by atoms with Crippen LogP contribution in [0, 0.1) is 5.92 Å². The molecule has 3 aromatic heterocycles. The average Bonchev–Trinajstić information content (AvgIpc) is 3.36. The molecule has 0 bridgehead atoms. The first-order chi connectivity index (χ1) is 16.2. The molecule has 176 valence electrons. The highest BCUT2D eigenvalue weighted by Crippen LogP contribution is 2.27. The van der Waals surface area contributed by atoms with Crippen LogP contribution in [0.25, 0.3) is 23.2 Å². The number of hydrogen-bond acceptors (Lipinski definition) is 7. The number of imidazole rings is 2. The van der Waals surface area contributed by atoms with Gasteiger partial charge in [-0.1, -0.05) is 13.0 Å². The van der Waals surface area contributed by atoms with Crippen LogP contribution in [0.1, 0.15) is 37.2 Å². The number of ether oxygens (including phenoxy) is 1. The lowest BCUT2D eigenvalue weighted by Gasteiger charge is -2.27. The van der Waals surface area contributed by atoms with E-state index in [-0.39, 0.29) is 11.7 Å². The van der Waals surface area contributed by atoms with Gasteiger partial charge < -0.3 is 20.4 Å². The fraction of sp³-hybridized carbons (Fsp3) is 0.545. The first kappa shape index (κ1) is 21.8. The van der Waals surface area contributed by atoms with E-state index in [4.69, 9.17) is 14.7 Å². The quantitative estimate of drug-likeness (QED) is 0.474. The topological polar surface area (TPSA) is 115 Å². The highest BCUT2D eigenvalue weighted by atomic mass is 19.1. The second-order valence-corrected chi connectivity index (χ2v) is 8.48. The van der Waals surface area contributed by atoms with Crippen LogP contribution in [0.4, 0.5) is 10.2 Å². The molecule has 5 rings (SSSR count). The number of H-pyrrole nitrogens is 1. The molecule has 0 spiro atoms. The number of hydrogen-bond donors (Lipinski definition) is 3. The second-order valence-electron chi connectivity index (χ2n) is 8.48. The summed E-state index contributed by atoms with van der Waals surface area (Å²) in [7, 11) is 0. The van der Waals surface area contributed by atoms with Gasteiger partial charge in [0.25, 0.3) is 0 Å². The predicted octanol–water partition coefficient (Wildman–Crippen LogP) is 1.83. The molecular formula is C22H29FN8O2. The molecule has 33 heavy (non-hydrogen) atoms. The van der Waals surface area contributed by atoms with Gasteiger partial charge in [0.15, 0.2) is 11.5 Å². The van der Waals surface area contributed by atoms with Crippen LogP contribution >= 0.6 is 0 Å². The Labute approximate surface area is 190 Å². The van der Waals surface area contributed by atoms with Crippen LogP contribution in [0.2, 0.25) is 0 Å². The van der Waals surface area contributed by atoms with Gasteiger partial charge in [0.2, 0.25) is 5.95 Å². The summed E-state index contributed by atoms with van der Waals surface area (Å²) in [6.45, 7) is 5.36. The van der Waals surface area contributed by atoms with Crippen molar-refractivity contribution in [3.05, 3.63) is 34.3 Å². The molecule has 11 heteroatoms. The van der Waals surface area contributed by atoms with Crippen molar-refractivity contribution in [2.45, 2.75) is 32.2 Å². The lowest BCUT2D eigenvalue weighted by molar-refractivity contribution is 0.0697. The van der Waals surface area contributed by atoms with Crippen molar-refractivity contribution in [2.75, 3.05) is 44.8 Å². The van der Waals surface area contributed by atoms with Crippen LogP contribution in [-0.2, 0) is 11.2 Å².